The lowest BCUT2D eigenvalue weighted by atomic mass is 9.96. The maximum atomic E-state index is 13.8. The minimum absolute atomic E-state index is 0. The number of aryl methyl sites for hydroxylation is 2. The number of thioether (sulfide) groups is 1. The molecule has 0 radical (unpaired) electrons. The summed E-state index contributed by atoms with van der Waals surface area (Å²) in [5.74, 6) is -1.73. The molecule has 9 heteroatoms. The summed E-state index contributed by atoms with van der Waals surface area (Å²) in [5, 5.41) is 17.2. The lowest BCUT2D eigenvalue weighted by Gasteiger charge is -2.33. The van der Waals surface area contributed by atoms with Crippen LogP contribution in [0.1, 0.15) is 53.9 Å². The van der Waals surface area contributed by atoms with Crippen molar-refractivity contribution < 1.29 is 23.9 Å². The molecule has 1 heterocycles. The summed E-state index contributed by atoms with van der Waals surface area (Å²) < 4.78 is 13.0. The summed E-state index contributed by atoms with van der Waals surface area (Å²) in [6.07, 6.45) is -1.45. The number of carbonyl (C=O) groups is 3. The second kappa shape index (κ2) is 14.0. The molecule has 1 saturated heterocycles. The van der Waals surface area contributed by atoms with Crippen LogP contribution in [-0.2, 0) is 22.6 Å². The van der Waals surface area contributed by atoms with E-state index in [1.165, 1.54) is 34.9 Å². The van der Waals surface area contributed by atoms with Crippen molar-refractivity contribution in [2.75, 3.05) is 5.88 Å². The third-order valence-corrected chi connectivity index (χ3v) is 8.85. The van der Waals surface area contributed by atoms with E-state index >= 15 is 0 Å². The van der Waals surface area contributed by atoms with E-state index in [0.29, 0.717) is 12.1 Å². The van der Waals surface area contributed by atoms with E-state index in [-0.39, 0.29) is 31.2 Å². The van der Waals surface area contributed by atoms with Crippen molar-refractivity contribution in [2.45, 2.75) is 71.0 Å². The number of aliphatic hydroxyl groups is 1. The molecule has 0 unspecified atom stereocenters. The van der Waals surface area contributed by atoms with Crippen LogP contribution in [0.2, 0.25) is 0 Å². The zero-order chi connectivity index (χ0) is 29.7. The van der Waals surface area contributed by atoms with Crippen molar-refractivity contribution in [1.29, 1.82) is 0 Å². The van der Waals surface area contributed by atoms with Gasteiger partial charge in [0.2, 0.25) is 5.91 Å². The van der Waals surface area contributed by atoms with Gasteiger partial charge in [-0.2, -0.15) is 0 Å². The second-order valence-corrected chi connectivity index (χ2v) is 12.5. The Hall–Kier alpha value is -3.69. The zero-order valence-corrected chi connectivity index (χ0v) is 24.5. The van der Waals surface area contributed by atoms with E-state index in [0.717, 1.165) is 16.7 Å². The number of carbonyl (C=O) groups excluding carboxylic acids is 3. The first-order chi connectivity index (χ1) is 19.5. The quantitative estimate of drug-likeness (QED) is 0.332. The Morgan fingerprint density at radius 3 is 2.36 bits per heavy atom. The molecule has 7 nitrogen and oxygen atoms in total. The summed E-state index contributed by atoms with van der Waals surface area (Å²) in [5.41, 5.74) is 3.51. The Morgan fingerprint density at radius 2 is 1.69 bits per heavy atom. The van der Waals surface area contributed by atoms with Gasteiger partial charge in [0.25, 0.3) is 11.8 Å². The van der Waals surface area contributed by atoms with Crippen molar-refractivity contribution in [2.24, 2.45) is 0 Å². The third-order valence-electron chi connectivity index (χ3n) is 7.47. The minimum atomic E-state index is -1.62. The van der Waals surface area contributed by atoms with Gasteiger partial charge in [-0.25, -0.2) is 4.39 Å². The van der Waals surface area contributed by atoms with Gasteiger partial charge in [0.1, 0.15) is 11.9 Å². The minimum Gasteiger partial charge on any atom is -0.381 e. The normalized spacial score (nSPS) is 17.1. The van der Waals surface area contributed by atoms with Gasteiger partial charge in [-0.3, -0.25) is 14.4 Å². The molecule has 3 aromatic rings. The molecule has 42 heavy (non-hydrogen) atoms. The number of amides is 3. The first kappa shape index (κ1) is 32.8. The van der Waals surface area contributed by atoms with Crippen LogP contribution < -0.4 is 10.6 Å². The molecule has 3 atom stereocenters. The van der Waals surface area contributed by atoms with Crippen molar-refractivity contribution in [3.8, 4) is 0 Å². The fraction of sp³-hybridized carbons (Fsp3) is 0.364. The molecule has 0 aromatic heterocycles. The number of benzene rings is 3. The van der Waals surface area contributed by atoms with Gasteiger partial charge in [0.15, 0.2) is 6.10 Å². The van der Waals surface area contributed by atoms with Gasteiger partial charge in [-0.1, -0.05) is 62.0 Å². The van der Waals surface area contributed by atoms with Crippen molar-refractivity contribution in [3.05, 3.63) is 106 Å². The molecule has 0 bridgehead atoms. The molecular weight excluding hydrogens is 553 g/mol. The number of aliphatic hydroxyl groups excluding tert-OH is 1. The molecule has 1 aliphatic rings. The fourth-order valence-corrected chi connectivity index (χ4v) is 6.22. The summed E-state index contributed by atoms with van der Waals surface area (Å²) in [4.78, 5) is 41.9. The number of nitrogens with zero attached hydrogens (tertiary/aromatic N) is 1. The van der Waals surface area contributed by atoms with Crippen molar-refractivity contribution in [1.82, 2.24) is 15.5 Å². The van der Waals surface area contributed by atoms with Gasteiger partial charge >= 0.3 is 0 Å². The monoisotopic (exact) mass is 593 g/mol. The van der Waals surface area contributed by atoms with E-state index in [1.54, 1.807) is 6.92 Å². The summed E-state index contributed by atoms with van der Waals surface area (Å²) in [6, 6.07) is 19.0. The Kier molecular flexibility index (Phi) is 10.9. The molecule has 1 aliphatic heterocycles. The zero-order valence-electron chi connectivity index (χ0n) is 23.7. The Bertz CT molecular complexity index is 1420. The lowest BCUT2D eigenvalue weighted by molar-refractivity contribution is -0.147. The van der Waals surface area contributed by atoms with Crippen LogP contribution in [0.15, 0.2) is 72.8 Å². The number of hydrogen-bond donors (Lipinski definition) is 3. The van der Waals surface area contributed by atoms with Crippen LogP contribution in [0.5, 0.6) is 0 Å². The molecular formula is C33H40FN3O4S. The first-order valence-corrected chi connectivity index (χ1v) is 14.5. The molecule has 224 valence electrons. The predicted octanol–water partition coefficient (Wildman–Crippen LogP) is 4.78. The molecule has 4 rings (SSSR count). The van der Waals surface area contributed by atoms with E-state index < -0.39 is 40.6 Å². The molecule has 1 fully saturated rings. The SMILES string of the molecule is C.Cc1ccccc1CNC(=O)[C@H]1N(C(=O)[C@@H](O)[C@H](Cc2ccccc2)NC(=O)c2ccc(F)cc2C)CSC1(C)C. The third kappa shape index (κ3) is 7.57. The van der Waals surface area contributed by atoms with E-state index in [4.69, 9.17) is 0 Å². The average molecular weight is 594 g/mol. The molecule has 3 N–H and O–H groups in total. The summed E-state index contributed by atoms with van der Waals surface area (Å²) in [6.45, 7) is 7.70. The largest absolute Gasteiger partial charge is 0.381 e. The average Bonchev–Trinajstić information content (AvgIpc) is 3.26. The number of rotatable bonds is 9. The van der Waals surface area contributed by atoms with E-state index in [1.807, 2.05) is 75.4 Å². The number of halogens is 1. The van der Waals surface area contributed by atoms with Gasteiger partial charge < -0.3 is 20.6 Å². The van der Waals surface area contributed by atoms with Crippen LogP contribution >= 0.6 is 11.8 Å². The number of hydrogen-bond acceptors (Lipinski definition) is 5. The first-order valence-electron chi connectivity index (χ1n) is 13.5. The topological polar surface area (TPSA) is 98.7 Å². The Morgan fingerprint density at radius 1 is 1.02 bits per heavy atom. The van der Waals surface area contributed by atoms with Gasteiger partial charge in [0, 0.05) is 16.9 Å². The highest BCUT2D eigenvalue weighted by Gasteiger charge is 2.49. The predicted molar refractivity (Wildman–Crippen MR) is 165 cm³/mol. The Balaban J connectivity index is 0.00000484. The maximum absolute atomic E-state index is 13.8. The van der Waals surface area contributed by atoms with Crippen LogP contribution in [0.4, 0.5) is 4.39 Å². The van der Waals surface area contributed by atoms with Gasteiger partial charge in [-0.15, -0.1) is 11.8 Å². The van der Waals surface area contributed by atoms with E-state index in [2.05, 4.69) is 10.6 Å². The van der Waals surface area contributed by atoms with Crippen LogP contribution in [0, 0.1) is 19.7 Å². The van der Waals surface area contributed by atoms with Crippen LogP contribution in [0.3, 0.4) is 0 Å². The van der Waals surface area contributed by atoms with Crippen molar-refractivity contribution in [3.63, 3.8) is 0 Å². The van der Waals surface area contributed by atoms with Crippen LogP contribution in [-0.4, -0.2) is 56.5 Å². The smallest absolute Gasteiger partial charge is 0.254 e. The summed E-state index contributed by atoms with van der Waals surface area (Å²) >= 11 is 1.45. The van der Waals surface area contributed by atoms with E-state index in [9.17, 15) is 23.9 Å². The lowest BCUT2D eigenvalue weighted by Crippen LogP contribution is -2.58. The summed E-state index contributed by atoms with van der Waals surface area (Å²) in [7, 11) is 0. The molecule has 0 saturated carbocycles. The molecule has 3 aromatic carbocycles. The second-order valence-electron chi connectivity index (χ2n) is 10.9. The fourth-order valence-electron chi connectivity index (χ4n) is 5.08. The van der Waals surface area contributed by atoms with Crippen molar-refractivity contribution >= 4 is 29.5 Å². The standard InChI is InChI=1S/C32H36FN3O4S.CH4/c1-20-10-8-9-13-23(20)18-34-30(39)28-32(3,4)41-19-36(28)31(40)27(37)26(17-22-11-6-5-7-12-22)35-29(38)25-15-14-24(33)16-21(25)2;/h5-16,26-28,37H,17-19H2,1-4H3,(H,34,39)(H,35,38);1H4/t26-,27-,28+;/m0./s1. The highest BCUT2D eigenvalue weighted by atomic mass is 32.2. The van der Waals surface area contributed by atoms with Gasteiger partial charge in [0.05, 0.1) is 11.9 Å². The molecule has 0 spiro atoms. The Labute approximate surface area is 251 Å². The highest BCUT2D eigenvalue weighted by Crippen LogP contribution is 2.40. The molecule has 3 amide bonds. The molecule has 0 aliphatic carbocycles. The highest BCUT2D eigenvalue weighted by molar-refractivity contribution is 8.00. The number of nitrogens with one attached hydrogen (secondary N) is 2. The van der Waals surface area contributed by atoms with Gasteiger partial charge in [-0.05, 0) is 74.6 Å². The van der Waals surface area contributed by atoms with Crippen LogP contribution in [0.25, 0.3) is 0 Å². The maximum Gasteiger partial charge on any atom is 0.254 e.